The lowest BCUT2D eigenvalue weighted by molar-refractivity contribution is 0.0767. The Morgan fingerprint density at radius 3 is 2.69 bits per heavy atom. The van der Waals surface area contributed by atoms with Crippen molar-refractivity contribution in [3.8, 4) is 11.6 Å². The van der Waals surface area contributed by atoms with Crippen LogP contribution in [0.25, 0.3) is 5.69 Å². The monoisotopic (exact) mass is 507 g/mol. The van der Waals surface area contributed by atoms with Crippen molar-refractivity contribution < 1.29 is 23.4 Å². The molecule has 2 aromatic carbocycles. The second kappa shape index (κ2) is 10.0. The fraction of sp³-hybridized carbons (Fsp3) is 0.227. The van der Waals surface area contributed by atoms with Crippen molar-refractivity contribution in [1.82, 2.24) is 14.5 Å². The van der Waals surface area contributed by atoms with Crippen LogP contribution < -0.4 is 10.3 Å². The Hall–Kier alpha value is -3.11. The van der Waals surface area contributed by atoms with Crippen molar-refractivity contribution in [3.05, 3.63) is 85.9 Å². The standard InChI is InChI=1S/C22H20BrF2N3O4/c1-13-26-20(32-12-15-6-7-16(24)11-18(15)25)19(23)22(31)28(13)17-5-3-4-14(10-17)21(30)27(2)8-9-29/h3-7,10-11,29H,8-9,12H2,1-2H3. The molecule has 0 unspecified atom stereocenters. The Bertz CT molecular complexity index is 1220. The van der Waals surface area contributed by atoms with Crippen molar-refractivity contribution in [2.75, 3.05) is 20.2 Å². The van der Waals surface area contributed by atoms with Gasteiger partial charge in [-0.2, -0.15) is 4.98 Å². The number of ether oxygens (including phenoxy) is 1. The number of likely N-dealkylation sites (N-methyl/N-ethyl adjacent to an activating group) is 1. The third-order valence-corrected chi connectivity index (χ3v) is 5.36. The largest absolute Gasteiger partial charge is 0.472 e. The predicted molar refractivity (Wildman–Crippen MR) is 117 cm³/mol. The zero-order chi connectivity index (χ0) is 23.4. The number of amides is 1. The van der Waals surface area contributed by atoms with Crippen LogP contribution in [0.3, 0.4) is 0 Å². The highest BCUT2D eigenvalue weighted by atomic mass is 79.9. The normalized spacial score (nSPS) is 10.8. The Kier molecular flexibility index (Phi) is 7.37. The number of benzene rings is 2. The first kappa shape index (κ1) is 23.6. The maximum atomic E-state index is 13.8. The van der Waals surface area contributed by atoms with Gasteiger partial charge in [-0.25, -0.2) is 8.78 Å². The molecule has 3 rings (SSSR count). The fourth-order valence-corrected chi connectivity index (χ4v) is 3.40. The second-order valence-corrected chi connectivity index (χ2v) is 7.74. The Labute approximate surface area is 191 Å². The highest BCUT2D eigenvalue weighted by Crippen LogP contribution is 2.23. The van der Waals surface area contributed by atoms with Crippen LogP contribution in [0.4, 0.5) is 8.78 Å². The van der Waals surface area contributed by atoms with Gasteiger partial charge in [0.15, 0.2) is 0 Å². The molecule has 0 aliphatic rings. The molecule has 32 heavy (non-hydrogen) atoms. The number of hydrogen-bond donors (Lipinski definition) is 1. The third kappa shape index (κ3) is 5.03. The van der Waals surface area contributed by atoms with Gasteiger partial charge in [0.25, 0.3) is 11.5 Å². The van der Waals surface area contributed by atoms with E-state index in [0.29, 0.717) is 11.3 Å². The zero-order valence-corrected chi connectivity index (χ0v) is 18.9. The first-order chi connectivity index (χ1) is 15.2. The first-order valence-corrected chi connectivity index (χ1v) is 10.3. The van der Waals surface area contributed by atoms with Gasteiger partial charge in [0, 0.05) is 30.8 Å². The zero-order valence-electron chi connectivity index (χ0n) is 17.3. The Balaban J connectivity index is 1.91. The van der Waals surface area contributed by atoms with E-state index in [4.69, 9.17) is 9.84 Å². The summed E-state index contributed by atoms with van der Waals surface area (Å²) in [7, 11) is 1.57. The number of carbonyl (C=O) groups excluding carboxylic acids is 1. The van der Waals surface area contributed by atoms with Gasteiger partial charge in [-0.05, 0) is 53.2 Å². The molecule has 0 spiro atoms. The summed E-state index contributed by atoms with van der Waals surface area (Å²) in [5.41, 5.74) is 0.383. The number of halogens is 3. The van der Waals surface area contributed by atoms with Crippen molar-refractivity contribution in [2.45, 2.75) is 13.5 Å². The molecule has 0 radical (unpaired) electrons. The number of aryl methyl sites for hydroxylation is 1. The van der Waals surface area contributed by atoms with Gasteiger partial charge in [-0.15, -0.1) is 0 Å². The molecule has 0 saturated carbocycles. The van der Waals surface area contributed by atoms with Crippen LogP contribution in [0, 0.1) is 18.6 Å². The summed E-state index contributed by atoms with van der Waals surface area (Å²) < 4.78 is 33.7. The van der Waals surface area contributed by atoms with Gasteiger partial charge < -0.3 is 14.7 Å². The summed E-state index contributed by atoms with van der Waals surface area (Å²) in [4.78, 5) is 31.2. The van der Waals surface area contributed by atoms with E-state index in [2.05, 4.69) is 20.9 Å². The van der Waals surface area contributed by atoms with Crippen LogP contribution in [0.1, 0.15) is 21.7 Å². The molecule has 3 aromatic rings. The van der Waals surface area contributed by atoms with Crippen LogP contribution in [0.5, 0.6) is 5.88 Å². The van der Waals surface area contributed by atoms with E-state index in [1.807, 2.05) is 0 Å². The number of aromatic nitrogens is 2. The summed E-state index contributed by atoms with van der Waals surface area (Å²) in [5, 5.41) is 9.04. The van der Waals surface area contributed by atoms with Crippen molar-refractivity contribution >= 4 is 21.8 Å². The Morgan fingerprint density at radius 2 is 2.00 bits per heavy atom. The smallest absolute Gasteiger partial charge is 0.276 e. The van der Waals surface area contributed by atoms with E-state index in [-0.39, 0.29) is 47.4 Å². The number of carbonyl (C=O) groups is 1. The lowest BCUT2D eigenvalue weighted by atomic mass is 10.1. The minimum atomic E-state index is -0.765. The first-order valence-electron chi connectivity index (χ1n) is 9.55. The average molecular weight is 508 g/mol. The van der Waals surface area contributed by atoms with E-state index in [1.54, 1.807) is 38.2 Å². The quantitative estimate of drug-likeness (QED) is 0.530. The molecule has 1 amide bonds. The van der Waals surface area contributed by atoms with Crippen molar-refractivity contribution in [3.63, 3.8) is 0 Å². The van der Waals surface area contributed by atoms with Gasteiger partial charge in [-0.3, -0.25) is 14.2 Å². The number of aliphatic hydroxyl groups excluding tert-OH is 1. The van der Waals surface area contributed by atoms with Gasteiger partial charge >= 0.3 is 0 Å². The molecular formula is C22H20BrF2N3O4. The average Bonchev–Trinajstić information content (AvgIpc) is 2.76. The van der Waals surface area contributed by atoms with Gasteiger partial charge in [0.05, 0.1) is 12.3 Å². The van der Waals surface area contributed by atoms with Crippen molar-refractivity contribution in [1.29, 1.82) is 0 Å². The van der Waals surface area contributed by atoms with E-state index in [9.17, 15) is 18.4 Å². The van der Waals surface area contributed by atoms with Crippen molar-refractivity contribution in [2.24, 2.45) is 0 Å². The molecule has 0 saturated heterocycles. The van der Waals surface area contributed by atoms with Crippen LogP contribution in [0.2, 0.25) is 0 Å². The summed E-state index contributed by atoms with van der Waals surface area (Å²) in [6.45, 7) is 1.35. The summed E-state index contributed by atoms with van der Waals surface area (Å²) in [6, 6.07) is 9.56. The van der Waals surface area contributed by atoms with Gasteiger partial charge in [-0.1, -0.05) is 6.07 Å². The minimum absolute atomic E-state index is 0.0137. The topological polar surface area (TPSA) is 84.7 Å². The third-order valence-electron chi connectivity index (χ3n) is 4.68. The number of nitrogens with zero attached hydrogens (tertiary/aromatic N) is 3. The molecule has 7 nitrogen and oxygen atoms in total. The van der Waals surface area contributed by atoms with Crippen LogP contribution in [-0.4, -0.2) is 45.7 Å². The number of rotatable bonds is 7. The lowest BCUT2D eigenvalue weighted by Gasteiger charge is -2.17. The van der Waals surface area contributed by atoms with E-state index < -0.39 is 17.2 Å². The second-order valence-electron chi connectivity index (χ2n) is 6.94. The fourth-order valence-electron chi connectivity index (χ4n) is 3.02. The van der Waals surface area contributed by atoms with E-state index >= 15 is 0 Å². The Morgan fingerprint density at radius 1 is 1.25 bits per heavy atom. The molecule has 1 aromatic heterocycles. The molecule has 0 atom stereocenters. The molecule has 1 N–H and O–H groups in total. The van der Waals surface area contributed by atoms with E-state index in [0.717, 1.165) is 12.1 Å². The molecular weight excluding hydrogens is 488 g/mol. The molecule has 10 heteroatoms. The maximum Gasteiger partial charge on any atom is 0.276 e. The predicted octanol–water partition coefficient (Wildman–Crippen LogP) is 3.22. The van der Waals surface area contributed by atoms with Gasteiger partial charge in [0.1, 0.15) is 28.5 Å². The number of hydrogen-bond acceptors (Lipinski definition) is 5. The lowest BCUT2D eigenvalue weighted by Crippen LogP contribution is -2.30. The summed E-state index contributed by atoms with van der Waals surface area (Å²) in [5.74, 6) is -1.53. The molecule has 0 bridgehead atoms. The molecule has 0 aliphatic heterocycles. The SMILES string of the molecule is Cc1nc(OCc2ccc(F)cc2F)c(Br)c(=O)n1-c1cccc(C(=O)N(C)CCO)c1. The van der Waals surface area contributed by atoms with E-state index in [1.165, 1.54) is 15.5 Å². The van der Waals surface area contributed by atoms with Gasteiger partial charge in [0.2, 0.25) is 5.88 Å². The van der Waals surface area contributed by atoms with Crippen LogP contribution >= 0.6 is 15.9 Å². The van der Waals surface area contributed by atoms with Crippen LogP contribution in [0.15, 0.2) is 51.7 Å². The maximum absolute atomic E-state index is 13.8. The molecule has 1 heterocycles. The molecule has 168 valence electrons. The van der Waals surface area contributed by atoms with Crippen LogP contribution in [-0.2, 0) is 6.61 Å². The number of aliphatic hydroxyl groups is 1. The highest BCUT2D eigenvalue weighted by molar-refractivity contribution is 9.10. The molecule has 0 fully saturated rings. The molecule has 0 aliphatic carbocycles. The highest BCUT2D eigenvalue weighted by Gasteiger charge is 2.18. The summed E-state index contributed by atoms with van der Waals surface area (Å²) >= 11 is 3.18. The minimum Gasteiger partial charge on any atom is -0.472 e. The summed E-state index contributed by atoms with van der Waals surface area (Å²) in [6.07, 6.45) is 0.